The number of carboxylic acids is 1. The van der Waals surface area contributed by atoms with Crippen LogP contribution in [0, 0.1) is 11.7 Å². The highest BCUT2D eigenvalue weighted by molar-refractivity contribution is 9.10. The van der Waals surface area contributed by atoms with Crippen molar-refractivity contribution in [3.63, 3.8) is 0 Å². The molecule has 0 saturated carbocycles. The summed E-state index contributed by atoms with van der Waals surface area (Å²) in [7, 11) is 0. The van der Waals surface area contributed by atoms with Crippen molar-refractivity contribution in [1.29, 1.82) is 0 Å². The fourth-order valence-electron chi connectivity index (χ4n) is 1.26. The van der Waals surface area contributed by atoms with Gasteiger partial charge in [0.15, 0.2) is 0 Å². The van der Waals surface area contributed by atoms with Crippen LogP contribution < -0.4 is 0 Å². The van der Waals surface area contributed by atoms with E-state index in [9.17, 15) is 9.18 Å². The lowest BCUT2D eigenvalue weighted by Gasteiger charge is -2.08. The van der Waals surface area contributed by atoms with Crippen molar-refractivity contribution in [2.45, 2.75) is 19.8 Å². The maximum absolute atomic E-state index is 13.3. The molecular formula is C11H12BrFO2. The third-order valence-corrected chi connectivity index (χ3v) is 3.05. The van der Waals surface area contributed by atoms with Crippen molar-refractivity contribution >= 4 is 21.9 Å². The third kappa shape index (κ3) is 3.30. The average Bonchev–Trinajstić information content (AvgIpc) is 2.16. The molecule has 0 spiro atoms. The van der Waals surface area contributed by atoms with Crippen LogP contribution in [0.15, 0.2) is 22.7 Å². The molecule has 0 fully saturated rings. The van der Waals surface area contributed by atoms with Gasteiger partial charge >= 0.3 is 5.97 Å². The highest BCUT2D eigenvalue weighted by Crippen LogP contribution is 2.22. The molecule has 1 rings (SSSR count). The molecule has 0 aliphatic heterocycles. The van der Waals surface area contributed by atoms with Crippen LogP contribution in [0.25, 0.3) is 0 Å². The van der Waals surface area contributed by atoms with E-state index < -0.39 is 11.9 Å². The molecule has 0 bridgehead atoms. The third-order valence-electron chi connectivity index (χ3n) is 2.31. The molecule has 0 aromatic heterocycles. The standard InChI is InChI=1S/C11H12BrFO2/c1-7(11(14)15)5-6-8-9(12)3-2-4-10(8)13/h2-4,7H,5-6H2,1H3,(H,14,15). The zero-order chi connectivity index (χ0) is 11.4. The van der Waals surface area contributed by atoms with Gasteiger partial charge in [0.1, 0.15) is 5.82 Å². The number of hydrogen-bond acceptors (Lipinski definition) is 1. The predicted molar refractivity (Wildman–Crippen MR) is 59.2 cm³/mol. The van der Waals surface area contributed by atoms with Crippen molar-refractivity contribution < 1.29 is 14.3 Å². The monoisotopic (exact) mass is 274 g/mol. The Kier molecular flexibility index (Phi) is 4.27. The van der Waals surface area contributed by atoms with Gasteiger partial charge in [-0.3, -0.25) is 4.79 Å². The quantitative estimate of drug-likeness (QED) is 0.915. The first kappa shape index (κ1) is 12.2. The second-order valence-corrected chi connectivity index (χ2v) is 4.33. The molecule has 1 aromatic carbocycles. The first-order valence-corrected chi connectivity index (χ1v) is 5.47. The number of benzene rings is 1. The number of rotatable bonds is 4. The van der Waals surface area contributed by atoms with E-state index >= 15 is 0 Å². The van der Waals surface area contributed by atoms with Gasteiger partial charge in [0, 0.05) is 10.0 Å². The van der Waals surface area contributed by atoms with Crippen LogP contribution in [0.4, 0.5) is 4.39 Å². The molecule has 1 atom stereocenters. The maximum Gasteiger partial charge on any atom is 0.306 e. The first-order valence-electron chi connectivity index (χ1n) is 4.68. The van der Waals surface area contributed by atoms with Gasteiger partial charge in [-0.05, 0) is 25.0 Å². The summed E-state index contributed by atoms with van der Waals surface area (Å²) in [5.74, 6) is -1.58. The van der Waals surface area contributed by atoms with Crippen molar-refractivity contribution in [2.75, 3.05) is 0 Å². The van der Waals surface area contributed by atoms with Gasteiger partial charge in [0.2, 0.25) is 0 Å². The van der Waals surface area contributed by atoms with E-state index in [2.05, 4.69) is 15.9 Å². The highest BCUT2D eigenvalue weighted by atomic mass is 79.9. The van der Waals surface area contributed by atoms with E-state index in [1.807, 2.05) is 0 Å². The normalized spacial score (nSPS) is 12.5. The number of carboxylic acid groups (broad SMARTS) is 1. The fraction of sp³-hybridized carbons (Fsp3) is 0.364. The summed E-state index contributed by atoms with van der Waals surface area (Å²) in [6.07, 6.45) is 0.871. The molecule has 1 unspecified atom stereocenters. The van der Waals surface area contributed by atoms with Crippen LogP contribution >= 0.6 is 15.9 Å². The number of hydrogen-bond donors (Lipinski definition) is 1. The van der Waals surface area contributed by atoms with Crippen molar-refractivity contribution in [3.8, 4) is 0 Å². The Morgan fingerprint density at radius 3 is 2.80 bits per heavy atom. The van der Waals surface area contributed by atoms with Gasteiger partial charge in [-0.15, -0.1) is 0 Å². The van der Waals surface area contributed by atoms with E-state index in [0.717, 1.165) is 0 Å². The van der Waals surface area contributed by atoms with Crippen LogP contribution in [0.3, 0.4) is 0 Å². The number of carbonyl (C=O) groups is 1. The van der Waals surface area contributed by atoms with E-state index in [0.29, 0.717) is 22.9 Å². The maximum atomic E-state index is 13.3. The lowest BCUT2D eigenvalue weighted by atomic mass is 10.0. The Morgan fingerprint density at radius 2 is 2.27 bits per heavy atom. The molecule has 4 heteroatoms. The van der Waals surface area contributed by atoms with Gasteiger partial charge < -0.3 is 5.11 Å². The molecule has 0 aliphatic rings. The van der Waals surface area contributed by atoms with Crippen LogP contribution in [-0.2, 0) is 11.2 Å². The number of halogens is 2. The molecular weight excluding hydrogens is 263 g/mol. The van der Waals surface area contributed by atoms with Gasteiger partial charge in [0.25, 0.3) is 0 Å². The smallest absolute Gasteiger partial charge is 0.306 e. The molecule has 2 nitrogen and oxygen atoms in total. The van der Waals surface area contributed by atoms with Crippen molar-refractivity contribution in [1.82, 2.24) is 0 Å². The molecule has 0 radical (unpaired) electrons. The Balaban J connectivity index is 2.69. The minimum Gasteiger partial charge on any atom is -0.481 e. The summed E-state index contributed by atoms with van der Waals surface area (Å²) in [4.78, 5) is 10.6. The summed E-state index contributed by atoms with van der Waals surface area (Å²) >= 11 is 3.25. The fourth-order valence-corrected chi connectivity index (χ4v) is 1.80. The minimum atomic E-state index is -0.845. The lowest BCUT2D eigenvalue weighted by molar-refractivity contribution is -0.141. The predicted octanol–water partition coefficient (Wildman–Crippen LogP) is 3.24. The Bertz CT molecular complexity index is 345. The van der Waals surface area contributed by atoms with E-state index in [1.165, 1.54) is 6.07 Å². The average molecular weight is 275 g/mol. The van der Waals surface area contributed by atoms with Gasteiger partial charge in [-0.2, -0.15) is 0 Å². The summed E-state index contributed by atoms with van der Waals surface area (Å²) in [5, 5.41) is 8.69. The second kappa shape index (κ2) is 5.26. The minimum absolute atomic E-state index is 0.290. The second-order valence-electron chi connectivity index (χ2n) is 3.48. The molecule has 0 saturated heterocycles. The van der Waals surface area contributed by atoms with Crippen LogP contribution in [0.1, 0.15) is 18.9 Å². The lowest BCUT2D eigenvalue weighted by Crippen LogP contribution is -2.10. The van der Waals surface area contributed by atoms with E-state index in [1.54, 1.807) is 19.1 Å². The summed E-state index contributed by atoms with van der Waals surface area (Å²) in [5.41, 5.74) is 0.547. The summed E-state index contributed by atoms with van der Waals surface area (Å²) < 4.78 is 14.0. The van der Waals surface area contributed by atoms with Crippen LogP contribution in [0.5, 0.6) is 0 Å². The zero-order valence-electron chi connectivity index (χ0n) is 8.34. The molecule has 82 valence electrons. The van der Waals surface area contributed by atoms with Gasteiger partial charge in [-0.1, -0.05) is 28.9 Å². The van der Waals surface area contributed by atoms with Gasteiger partial charge in [0.05, 0.1) is 5.92 Å². The molecule has 0 heterocycles. The SMILES string of the molecule is CC(CCc1c(F)cccc1Br)C(=O)O. The Morgan fingerprint density at radius 1 is 1.60 bits per heavy atom. The highest BCUT2D eigenvalue weighted by Gasteiger charge is 2.13. The molecule has 0 aliphatic carbocycles. The molecule has 0 amide bonds. The topological polar surface area (TPSA) is 37.3 Å². The van der Waals surface area contributed by atoms with Gasteiger partial charge in [-0.25, -0.2) is 4.39 Å². The van der Waals surface area contributed by atoms with Crippen LogP contribution in [-0.4, -0.2) is 11.1 Å². The molecule has 15 heavy (non-hydrogen) atoms. The Hall–Kier alpha value is -0.900. The molecule has 1 N–H and O–H groups in total. The van der Waals surface area contributed by atoms with E-state index in [4.69, 9.17) is 5.11 Å². The first-order chi connectivity index (χ1) is 7.02. The Labute approximate surface area is 96.2 Å². The summed E-state index contributed by atoms with van der Waals surface area (Å²) in [6.45, 7) is 1.62. The van der Waals surface area contributed by atoms with Crippen molar-refractivity contribution in [2.24, 2.45) is 5.92 Å². The largest absolute Gasteiger partial charge is 0.481 e. The van der Waals surface area contributed by atoms with Crippen LogP contribution in [0.2, 0.25) is 0 Å². The molecule has 1 aromatic rings. The summed E-state index contributed by atoms with van der Waals surface area (Å²) in [6, 6.07) is 4.75. The zero-order valence-corrected chi connectivity index (χ0v) is 9.92. The van der Waals surface area contributed by atoms with Crippen molar-refractivity contribution in [3.05, 3.63) is 34.1 Å². The van der Waals surface area contributed by atoms with E-state index in [-0.39, 0.29) is 5.82 Å². The number of aliphatic carboxylic acids is 1.